The van der Waals surface area contributed by atoms with E-state index in [0.29, 0.717) is 32.5 Å². The summed E-state index contributed by atoms with van der Waals surface area (Å²) in [4.78, 5) is 0. The molecule has 0 bridgehead atoms. The lowest BCUT2D eigenvalue weighted by Gasteiger charge is -2.43. The topological polar surface area (TPSA) is 58.9 Å². The van der Waals surface area contributed by atoms with E-state index in [2.05, 4.69) is 127 Å². The maximum Gasteiger partial charge on any atom is 0.261 e. The molecular formula is C34H50O4Si2. The van der Waals surface area contributed by atoms with Gasteiger partial charge >= 0.3 is 0 Å². The van der Waals surface area contributed by atoms with Gasteiger partial charge in [0.1, 0.15) is 12.2 Å². The molecule has 218 valence electrons. The Morgan fingerprint density at radius 3 is 1.43 bits per heavy atom. The molecule has 2 atom stereocenters. The maximum absolute atomic E-state index is 10.4. The smallest absolute Gasteiger partial charge is 0.261 e. The highest BCUT2D eigenvalue weighted by molar-refractivity contribution is 6.99. The van der Waals surface area contributed by atoms with E-state index in [0.717, 1.165) is 6.42 Å². The number of aliphatic hydroxyl groups is 2. The van der Waals surface area contributed by atoms with Gasteiger partial charge in [-0.1, -0.05) is 114 Å². The highest BCUT2D eigenvalue weighted by Gasteiger charge is 2.50. The van der Waals surface area contributed by atoms with E-state index in [4.69, 9.17) is 8.85 Å². The van der Waals surface area contributed by atoms with Gasteiger partial charge < -0.3 is 19.1 Å². The quantitative estimate of drug-likeness (QED) is 0.188. The van der Waals surface area contributed by atoms with Crippen molar-refractivity contribution in [1.82, 2.24) is 0 Å². The molecule has 0 heterocycles. The maximum atomic E-state index is 10.4. The molecule has 0 aromatic heterocycles. The molecule has 2 unspecified atom stereocenters. The van der Waals surface area contributed by atoms with E-state index in [1.165, 1.54) is 10.4 Å². The Bertz CT molecular complexity index is 1100. The number of benzene rings is 2. The van der Waals surface area contributed by atoms with Crippen molar-refractivity contribution in [3.63, 3.8) is 0 Å². The molecule has 40 heavy (non-hydrogen) atoms. The van der Waals surface area contributed by atoms with Crippen LogP contribution in [0.5, 0.6) is 0 Å². The van der Waals surface area contributed by atoms with Gasteiger partial charge in [0.25, 0.3) is 8.32 Å². The van der Waals surface area contributed by atoms with Crippen LogP contribution in [0.3, 0.4) is 0 Å². The van der Waals surface area contributed by atoms with E-state index in [-0.39, 0.29) is 10.1 Å². The third-order valence-electron chi connectivity index (χ3n) is 7.79. The van der Waals surface area contributed by atoms with Crippen LogP contribution in [0.15, 0.2) is 60.7 Å². The van der Waals surface area contributed by atoms with Crippen molar-refractivity contribution in [3.8, 4) is 23.7 Å². The lowest BCUT2D eigenvalue weighted by Crippen LogP contribution is -2.66. The van der Waals surface area contributed by atoms with Gasteiger partial charge in [-0.2, -0.15) is 0 Å². The van der Waals surface area contributed by atoms with Crippen molar-refractivity contribution in [2.75, 3.05) is 13.2 Å². The molecule has 2 rings (SSSR count). The first-order valence-electron chi connectivity index (χ1n) is 14.5. The molecule has 2 aromatic carbocycles. The Hall–Kier alpha value is -2.17. The fourth-order valence-corrected chi connectivity index (χ4v) is 10.2. The van der Waals surface area contributed by atoms with Gasteiger partial charge in [-0.25, -0.2) is 0 Å². The van der Waals surface area contributed by atoms with Gasteiger partial charge in [0, 0.05) is 13.2 Å². The van der Waals surface area contributed by atoms with E-state index < -0.39 is 28.8 Å². The summed E-state index contributed by atoms with van der Waals surface area (Å²) in [6.07, 6.45) is 0.960. The van der Waals surface area contributed by atoms with Crippen molar-refractivity contribution in [3.05, 3.63) is 60.7 Å². The molecule has 0 radical (unpaired) electrons. The second-order valence-corrected chi connectivity index (χ2v) is 22.1. The van der Waals surface area contributed by atoms with Crippen LogP contribution in [0, 0.1) is 23.7 Å². The molecule has 0 aliphatic rings. The molecule has 2 N–H and O–H groups in total. The van der Waals surface area contributed by atoms with E-state index >= 15 is 0 Å². The van der Waals surface area contributed by atoms with Crippen LogP contribution in [-0.2, 0) is 8.85 Å². The van der Waals surface area contributed by atoms with Crippen LogP contribution < -0.4 is 10.4 Å². The monoisotopic (exact) mass is 578 g/mol. The van der Waals surface area contributed by atoms with Gasteiger partial charge in [-0.15, -0.1) is 0 Å². The summed E-state index contributed by atoms with van der Waals surface area (Å²) >= 11 is 0. The van der Waals surface area contributed by atoms with Crippen LogP contribution in [-0.4, -0.2) is 52.3 Å². The fourth-order valence-electron chi connectivity index (χ4n) is 4.47. The highest BCUT2D eigenvalue weighted by Crippen LogP contribution is 2.37. The van der Waals surface area contributed by atoms with Crippen molar-refractivity contribution in [1.29, 1.82) is 0 Å². The van der Waals surface area contributed by atoms with Crippen LogP contribution in [0.2, 0.25) is 23.2 Å². The van der Waals surface area contributed by atoms with Gasteiger partial charge in [-0.05, 0) is 71.1 Å². The molecule has 2 aromatic rings. The van der Waals surface area contributed by atoms with E-state index in [1.54, 1.807) is 0 Å². The average Bonchev–Trinajstić information content (AvgIpc) is 2.89. The van der Waals surface area contributed by atoms with Crippen molar-refractivity contribution in [2.45, 2.75) is 103 Å². The lowest BCUT2D eigenvalue weighted by atomic mass is 10.2. The van der Waals surface area contributed by atoms with Gasteiger partial charge in [0.05, 0.1) is 0 Å². The lowest BCUT2D eigenvalue weighted by molar-refractivity contribution is 0.198. The van der Waals surface area contributed by atoms with E-state index in [9.17, 15) is 10.2 Å². The van der Waals surface area contributed by atoms with E-state index in [1.807, 2.05) is 12.1 Å². The molecule has 0 amide bonds. The van der Waals surface area contributed by atoms with Gasteiger partial charge in [-0.3, -0.25) is 0 Å². The average molecular weight is 579 g/mol. The summed E-state index contributed by atoms with van der Waals surface area (Å²) in [5, 5.41) is 23.1. The second kappa shape index (κ2) is 15.2. The first kappa shape index (κ1) is 34.0. The minimum Gasteiger partial charge on any atom is -0.417 e. The van der Waals surface area contributed by atoms with Crippen LogP contribution in [0.25, 0.3) is 0 Å². The van der Waals surface area contributed by atoms with Gasteiger partial charge in [0.15, 0.2) is 8.32 Å². The van der Waals surface area contributed by atoms with Crippen LogP contribution >= 0.6 is 0 Å². The Morgan fingerprint density at radius 2 is 1.05 bits per heavy atom. The molecule has 4 nitrogen and oxygen atoms in total. The SMILES string of the molecule is CC(C)(C)[Si](C)(C)OCCCC(O)C#CC#CC(O)CCCO[Si](c1ccccc1)(c1ccccc1)C(C)(C)C. The predicted molar refractivity (Wildman–Crippen MR) is 173 cm³/mol. The summed E-state index contributed by atoms with van der Waals surface area (Å²) < 4.78 is 13.0. The molecular weight excluding hydrogens is 529 g/mol. The molecule has 0 aliphatic heterocycles. The third-order valence-corrected chi connectivity index (χ3v) is 17.4. The number of aliphatic hydroxyl groups excluding tert-OH is 2. The molecule has 0 aliphatic carbocycles. The minimum atomic E-state index is -2.57. The number of hydrogen-bond donors (Lipinski definition) is 2. The standard InChI is InChI=1S/C34H50O4Si2/c1-33(2,3)39(7,8)37-27-17-21-29(35)19-15-16-20-30(36)22-18-28-38-40(34(4,5)6,31-23-11-9-12-24-31)32-25-13-10-14-26-32/h9-14,23-26,29-30,35-36H,17-18,21-22,27-28H2,1-8H3. The van der Waals surface area contributed by atoms with Crippen molar-refractivity contribution >= 4 is 27.0 Å². The Labute approximate surface area is 245 Å². The summed E-state index contributed by atoms with van der Waals surface area (Å²) in [6, 6.07) is 21.1. The van der Waals surface area contributed by atoms with Crippen LogP contribution in [0.4, 0.5) is 0 Å². The fraction of sp³-hybridized carbons (Fsp3) is 0.529. The summed E-state index contributed by atoms with van der Waals surface area (Å²) in [5.74, 6) is 11.0. The molecule has 0 spiro atoms. The van der Waals surface area contributed by atoms with Crippen LogP contribution in [0.1, 0.15) is 67.2 Å². The first-order valence-corrected chi connectivity index (χ1v) is 19.3. The second-order valence-electron chi connectivity index (χ2n) is 13.0. The zero-order chi connectivity index (χ0) is 29.9. The summed E-state index contributed by atoms with van der Waals surface area (Å²) in [5.41, 5.74) is 0. The predicted octanol–water partition coefficient (Wildman–Crippen LogP) is 5.87. The number of hydrogen-bond acceptors (Lipinski definition) is 4. The molecule has 0 saturated carbocycles. The summed E-state index contributed by atoms with van der Waals surface area (Å²) in [6.45, 7) is 19.1. The molecule has 0 saturated heterocycles. The summed E-state index contributed by atoms with van der Waals surface area (Å²) in [7, 11) is -4.34. The molecule has 0 fully saturated rings. The third kappa shape index (κ3) is 9.73. The van der Waals surface area contributed by atoms with Gasteiger partial charge in [0.2, 0.25) is 0 Å². The Balaban J connectivity index is 1.90. The zero-order valence-electron chi connectivity index (χ0n) is 25.9. The number of rotatable bonds is 12. The van der Waals surface area contributed by atoms with Crippen molar-refractivity contribution in [2.24, 2.45) is 0 Å². The molecule has 6 heteroatoms. The van der Waals surface area contributed by atoms with Crippen molar-refractivity contribution < 1.29 is 19.1 Å². The first-order chi connectivity index (χ1) is 18.7. The largest absolute Gasteiger partial charge is 0.417 e. The Kier molecular flexibility index (Phi) is 12.9. The normalized spacial score (nSPS) is 13.9. The zero-order valence-corrected chi connectivity index (χ0v) is 27.9. The Morgan fingerprint density at radius 1 is 0.650 bits per heavy atom. The highest BCUT2D eigenvalue weighted by atomic mass is 28.4. The minimum absolute atomic E-state index is 0.0819.